The third kappa shape index (κ3) is 5.48. The molecule has 0 spiro atoms. The monoisotopic (exact) mass is 512 g/mol. The van der Waals surface area contributed by atoms with Crippen molar-refractivity contribution in [2.24, 2.45) is 0 Å². The maximum absolute atomic E-state index is 13.6. The molecule has 2 aromatic carbocycles. The molecule has 2 fully saturated rings. The fraction of sp³-hybridized carbons (Fsp3) is 0.367. The molecule has 0 unspecified atom stereocenters. The van der Waals surface area contributed by atoms with Gasteiger partial charge in [-0.3, -0.25) is 9.69 Å². The van der Waals surface area contributed by atoms with Crippen LogP contribution in [0.5, 0.6) is 0 Å². The van der Waals surface area contributed by atoms with Crippen molar-refractivity contribution < 1.29 is 9.18 Å². The molecule has 0 atom stereocenters. The average Bonchev–Trinajstić information content (AvgIpc) is 2.95. The minimum absolute atomic E-state index is 0.0603. The molecule has 5 rings (SSSR count). The van der Waals surface area contributed by atoms with Crippen molar-refractivity contribution in [1.82, 2.24) is 14.8 Å². The van der Waals surface area contributed by atoms with Crippen LogP contribution >= 0.6 is 0 Å². The number of para-hydroxylation sites is 1. The second kappa shape index (κ2) is 11.2. The zero-order valence-electron chi connectivity index (χ0n) is 22.0. The Morgan fingerprint density at radius 3 is 2.34 bits per heavy atom. The van der Waals surface area contributed by atoms with E-state index >= 15 is 0 Å². The van der Waals surface area contributed by atoms with E-state index in [9.17, 15) is 14.4 Å². The van der Waals surface area contributed by atoms with E-state index < -0.39 is 0 Å². The fourth-order valence-corrected chi connectivity index (χ4v) is 5.26. The maximum Gasteiger partial charge on any atom is 0.254 e. The van der Waals surface area contributed by atoms with E-state index in [0.29, 0.717) is 37.4 Å². The second-order valence-electron chi connectivity index (χ2n) is 10.1. The van der Waals surface area contributed by atoms with Crippen LogP contribution in [0.25, 0.3) is 0 Å². The average molecular weight is 513 g/mol. The van der Waals surface area contributed by atoms with E-state index in [4.69, 9.17) is 0 Å². The van der Waals surface area contributed by atoms with Crippen molar-refractivity contribution in [1.29, 1.82) is 5.26 Å². The minimum atomic E-state index is -0.302. The summed E-state index contributed by atoms with van der Waals surface area (Å²) in [5, 5.41) is 9.43. The second-order valence-corrected chi connectivity index (χ2v) is 10.1. The van der Waals surface area contributed by atoms with E-state index in [1.54, 1.807) is 13.0 Å². The summed E-state index contributed by atoms with van der Waals surface area (Å²) < 4.78 is 13.6. The van der Waals surface area contributed by atoms with Crippen LogP contribution in [-0.2, 0) is 6.54 Å². The van der Waals surface area contributed by atoms with Gasteiger partial charge in [-0.2, -0.15) is 5.26 Å². The van der Waals surface area contributed by atoms with E-state index in [1.165, 1.54) is 6.07 Å². The lowest BCUT2D eigenvalue weighted by atomic mass is 10.0. The van der Waals surface area contributed by atoms with Crippen LogP contribution < -0.4 is 9.80 Å². The van der Waals surface area contributed by atoms with Gasteiger partial charge in [-0.05, 0) is 55.3 Å². The Kier molecular flexibility index (Phi) is 7.57. The molecule has 196 valence electrons. The van der Waals surface area contributed by atoms with Gasteiger partial charge in [0.05, 0.1) is 16.9 Å². The van der Waals surface area contributed by atoms with Crippen LogP contribution in [0.15, 0.2) is 54.6 Å². The van der Waals surface area contributed by atoms with Gasteiger partial charge in [0, 0.05) is 64.5 Å². The van der Waals surface area contributed by atoms with E-state index in [2.05, 4.69) is 31.8 Å². The van der Waals surface area contributed by atoms with Crippen molar-refractivity contribution in [2.45, 2.75) is 20.4 Å². The number of nitriles is 1. The van der Waals surface area contributed by atoms with Crippen LogP contribution in [0.3, 0.4) is 0 Å². The highest BCUT2D eigenvalue weighted by molar-refractivity contribution is 5.96. The number of hydrogen-bond acceptors (Lipinski definition) is 6. The van der Waals surface area contributed by atoms with E-state index in [-0.39, 0.29) is 11.7 Å². The molecule has 0 aliphatic carbocycles. The molecule has 0 N–H and O–H groups in total. The number of aryl methyl sites for hydroxylation is 2. The molecule has 1 aromatic heterocycles. The van der Waals surface area contributed by atoms with Gasteiger partial charge >= 0.3 is 0 Å². The summed E-state index contributed by atoms with van der Waals surface area (Å²) in [6.45, 7) is 10.5. The number of halogens is 1. The van der Waals surface area contributed by atoms with Crippen molar-refractivity contribution in [3.05, 3.63) is 88.4 Å². The van der Waals surface area contributed by atoms with Gasteiger partial charge in [-0.1, -0.05) is 24.3 Å². The SMILES string of the molecule is Cc1ccc(CN2CCN(c3ccccc3C#N)CC2)cc1C(=O)N1CCN(c2ccc(F)c(C)n2)CC1. The van der Waals surface area contributed by atoms with Crippen molar-refractivity contribution in [2.75, 3.05) is 62.2 Å². The number of amides is 1. The van der Waals surface area contributed by atoms with Crippen molar-refractivity contribution in [3.63, 3.8) is 0 Å². The summed E-state index contributed by atoms with van der Waals surface area (Å²) in [5.74, 6) is 0.514. The first kappa shape index (κ1) is 25.7. The number of benzene rings is 2. The van der Waals surface area contributed by atoms with Crippen LogP contribution in [0, 0.1) is 31.0 Å². The first-order chi connectivity index (χ1) is 18.4. The Bertz CT molecular complexity index is 1350. The molecule has 0 bridgehead atoms. The molecule has 0 radical (unpaired) electrons. The topological polar surface area (TPSA) is 66.7 Å². The quantitative estimate of drug-likeness (QED) is 0.515. The molecule has 3 heterocycles. The third-order valence-electron chi connectivity index (χ3n) is 7.57. The minimum Gasteiger partial charge on any atom is -0.368 e. The van der Waals surface area contributed by atoms with Crippen LogP contribution in [-0.4, -0.2) is 73.0 Å². The van der Waals surface area contributed by atoms with Gasteiger partial charge in [0.1, 0.15) is 17.7 Å². The summed E-state index contributed by atoms with van der Waals surface area (Å²) in [6, 6.07) is 19.4. The van der Waals surface area contributed by atoms with Crippen LogP contribution in [0.4, 0.5) is 15.9 Å². The number of carbonyl (C=O) groups excluding carboxylic acids is 1. The smallest absolute Gasteiger partial charge is 0.254 e. The lowest BCUT2D eigenvalue weighted by molar-refractivity contribution is 0.0745. The first-order valence-corrected chi connectivity index (χ1v) is 13.2. The summed E-state index contributed by atoms with van der Waals surface area (Å²) in [4.78, 5) is 26.5. The standard InChI is InChI=1S/C30H33FN6O/c1-22-7-8-24(21-34-11-13-35(14-12-34)28-6-4-3-5-25(28)20-32)19-26(22)30(38)37-17-15-36(16-18-37)29-10-9-27(31)23(2)33-29/h3-10,19H,11-18,21H2,1-2H3. The van der Waals surface area contributed by atoms with Gasteiger partial charge in [0.2, 0.25) is 0 Å². The van der Waals surface area contributed by atoms with E-state index in [1.807, 2.05) is 48.2 Å². The number of pyridine rings is 1. The van der Waals surface area contributed by atoms with Gasteiger partial charge < -0.3 is 14.7 Å². The number of rotatable bonds is 5. The molecule has 2 saturated heterocycles. The molecular weight excluding hydrogens is 479 g/mol. The highest BCUT2D eigenvalue weighted by atomic mass is 19.1. The number of piperazine rings is 2. The van der Waals surface area contributed by atoms with Gasteiger partial charge in [0.15, 0.2) is 0 Å². The first-order valence-electron chi connectivity index (χ1n) is 13.2. The van der Waals surface area contributed by atoms with E-state index in [0.717, 1.165) is 60.9 Å². The Hall–Kier alpha value is -3.96. The van der Waals surface area contributed by atoms with Crippen molar-refractivity contribution in [3.8, 4) is 6.07 Å². The highest BCUT2D eigenvalue weighted by Gasteiger charge is 2.25. The number of aromatic nitrogens is 1. The van der Waals surface area contributed by atoms with Gasteiger partial charge in [-0.15, -0.1) is 0 Å². The van der Waals surface area contributed by atoms with Gasteiger partial charge in [0.25, 0.3) is 5.91 Å². The lowest BCUT2D eigenvalue weighted by Crippen LogP contribution is -2.49. The number of nitrogens with zero attached hydrogens (tertiary/aromatic N) is 6. The Morgan fingerprint density at radius 2 is 1.63 bits per heavy atom. The summed E-state index contributed by atoms with van der Waals surface area (Å²) in [5.41, 5.74) is 4.98. The van der Waals surface area contributed by atoms with Crippen LogP contribution in [0.1, 0.15) is 32.7 Å². The normalized spacial score (nSPS) is 16.4. The molecule has 38 heavy (non-hydrogen) atoms. The molecule has 2 aliphatic heterocycles. The van der Waals surface area contributed by atoms with Crippen molar-refractivity contribution >= 4 is 17.4 Å². The zero-order chi connectivity index (χ0) is 26.6. The largest absolute Gasteiger partial charge is 0.368 e. The zero-order valence-corrected chi connectivity index (χ0v) is 22.0. The number of carbonyl (C=O) groups is 1. The molecule has 8 heteroatoms. The Balaban J connectivity index is 1.19. The Morgan fingerprint density at radius 1 is 0.921 bits per heavy atom. The maximum atomic E-state index is 13.6. The Labute approximate surface area is 223 Å². The fourth-order valence-electron chi connectivity index (χ4n) is 5.26. The number of anilines is 2. The number of hydrogen-bond donors (Lipinski definition) is 0. The summed E-state index contributed by atoms with van der Waals surface area (Å²) in [6.07, 6.45) is 0. The molecule has 7 nitrogen and oxygen atoms in total. The molecule has 3 aromatic rings. The molecule has 1 amide bonds. The lowest BCUT2D eigenvalue weighted by Gasteiger charge is -2.37. The summed E-state index contributed by atoms with van der Waals surface area (Å²) >= 11 is 0. The molecular formula is C30H33FN6O. The summed E-state index contributed by atoms with van der Waals surface area (Å²) in [7, 11) is 0. The predicted molar refractivity (Wildman–Crippen MR) is 147 cm³/mol. The van der Waals surface area contributed by atoms with Crippen LogP contribution in [0.2, 0.25) is 0 Å². The molecule has 2 aliphatic rings. The van der Waals surface area contributed by atoms with Gasteiger partial charge in [-0.25, -0.2) is 9.37 Å². The third-order valence-corrected chi connectivity index (χ3v) is 7.57. The predicted octanol–water partition coefficient (Wildman–Crippen LogP) is 3.99. The molecule has 0 saturated carbocycles. The highest BCUT2D eigenvalue weighted by Crippen LogP contribution is 2.23.